The van der Waals surface area contributed by atoms with Crippen molar-refractivity contribution in [1.29, 1.82) is 0 Å². The molecule has 0 aromatic heterocycles. The van der Waals surface area contributed by atoms with Crippen molar-refractivity contribution in [3.8, 4) is 11.5 Å². The molecule has 1 fully saturated rings. The monoisotopic (exact) mass is 314 g/mol. The van der Waals surface area contributed by atoms with E-state index in [1.165, 1.54) is 0 Å². The topological polar surface area (TPSA) is 59.6 Å². The smallest absolute Gasteiger partial charge is 0.262 e. The van der Waals surface area contributed by atoms with Crippen LogP contribution in [0.15, 0.2) is 24.3 Å². The Morgan fingerprint density at radius 1 is 1.41 bits per heavy atom. The molecular formula is C15H20F2N2O3. The Bertz CT molecular complexity index is 508. The summed E-state index contributed by atoms with van der Waals surface area (Å²) in [5.74, 6) is -1.87. The Kier molecular flexibility index (Phi) is 5.18. The van der Waals surface area contributed by atoms with Crippen LogP contribution in [-0.4, -0.2) is 44.2 Å². The van der Waals surface area contributed by atoms with E-state index in [2.05, 4.69) is 10.6 Å². The second kappa shape index (κ2) is 6.91. The van der Waals surface area contributed by atoms with Gasteiger partial charge in [0.05, 0.1) is 26.2 Å². The lowest BCUT2D eigenvalue weighted by Crippen LogP contribution is -2.43. The summed E-state index contributed by atoms with van der Waals surface area (Å²) >= 11 is 0. The summed E-state index contributed by atoms with van der Waals surface area (Å²) < 4.78 is 36.7. The van der Waals surface area contributed by atoms with Crippen LogP contribution in [0.25, 0.3) is 0 Å². The zero-order valence-corrected chi connectivity index (χ0v) is 12.6. The molecule has 2 rings (SSSR count). The molecule has 122 valence electrons. The molecule has 2 N–H and O–H groups in total. The van der Waals surface area contributed by atoms with Gasteiger partial charge in [0.2, 0.25) is 5.91 Å². The summed E-state index contributed by atoms with van der Waals surface area (Å²) in [5, 5.41) is 5.14. The fourth-order valence-electron chi connectivity index (χ4n) is 2.20. The number of rotatable bonds is 6. The molecule has 0 aliphatic carbocycles. The van der Waals surface area contributed by atoms with Gasteiger partial charge in [-0.3, -0.25) is 10.1 Å². The van der Waals surface area contributed by atoms with Crippen LogP contribution >= 0.6 is 0 Å². The molecule has 1 aromatic carbocycles. The number of methoxy groups -OCH3 is 1. The van der Waals surface area contributed by atoms with Crippen LogP contribution in [0.5, 0.6) is 11.5 Å². The lowest BCUT2D eigenvalue weighted by atomic mass is 10.2. The van der Waals surface area contributed by atoms with Crippen molar-refractivity contribution in [2.75, 3.05) is 20.2 Å². The molecule has 1 saturated heterocycles. The first-order valence-corrected chi connectivity index (χ1v) is 7.09. The SMILES string of the molecule is COc1ccc(OC(C)CNC(=O)C2CC(F)(F)CN2)cc1. The Labute approximate surface area is 128 Å². The number of nitrogens with one attached hydrogen (secondary N) is 2. The van der Waals surface area contributed by atoms with Crippen LogP contribution in [0.2, 0.25) is 0 Å². The number of amides is 1. The van der Waals surface area contributed by atoms with Gasteiger partial charge in [-0.25, -0.2) is 8.78 Å². The van der Waals surface area contributed by atoms with Crippen LogP contribution in [0.3, 0.4) is 0 Å². The minimum Gasteiger partial charge on any atom is -0.497 e. The van der Waals surface area contributed by atoms with Crippen LogP contribution in [0.4, 0.5) is 8.78 Å². The van der Waals surface area contributed by atoms with E-state index in [4.69, 9.17) is 9.47 Å². The van der Waals surface area contributed by atoms with Crippen LogP contribution in [-0.2, 0) is 4.79 Å². The average Bonchev–Trinajstić information content (AvgIpc) is 2.86. The summed E-state index contributed by atoms with van der Waals surface area (Å²) in [6.07, 6.45) is -0.744. The summed E-state index contributed by atoms with van der Waals surface area (Å²) in [7, 11) is 1.58. The van der Waals surface area contributed by atoms with Crippen molar-refractivity contribution >= 4 is 5.91 Å². The second-order valence-corrected chi connectivity index (χ2v) is 5.34. The van der Waals surface area contributed by atoms with Crippen molar-refractivity contribution in [3.05, 3.63) is 24.3 Å². The minimum absolute atomic E-state index is 0.245. The molecular weight excluding hydrogens is 294 g/mol. The van der Waals surface area contributed by atoms with E-state index < -0.39 is 30.8 Å². The highest BCUT2D eigenvalue weighted by Gasteiger charge is 2.42. The number of carbonyl (C=O) groups is 1. The number of alkyl halides is 2. The summed E-state index contributed by atoms with van der Waals surface area (Å²) in [5.41, 5.74) is 0. The zero-order chi connectivity index (χ0) is 16.2. The molecule has 2 unspecified atom stereocenters. The van der Waals surface area contributed by atoms with Crippen molar-refractivity contribution in [2.45, 2.75) is 31.4 Å². The second-order valence-electron chi connectivity index (χ2n) is 5.34. The molecule has 0 radical (unpaired) electrons. The van der Waals surface area contributed by atoms with E-state index in [-0.39, 0.29) is 12.6 Å². The molecule has 22 heavy (non-hydrogen) atoms. The zero-order valence-electron chi connectivity index (χ0n) is 12.6. The average molecular weight is 314 g/mol. The summed E-state index contributed by atoms with van der Waals surface area (Å²) in [4.78, 5) is 11.8. The number of benzene rings is 1. The van der Waals surface area contributed by atoms with Crippen molar-refractivity contribution in [1.82, 2.24) is 10.6 Å². The van der Waals surface area contributed by atoms with Crippen molar-refractivity contribution in [2.24, 2.45) is 0 Å². The van der Waals surface area contributed by atoms with Gasteiger partial charge in [-0.05, 0) is 31.2 Å². The van der Waals surface area contributed by atoms with E-state index in [1.807, 2.05) is 0 Å². The van der Waals surface area contributed by atoms with Gasteiger partial charge in [0.15, 0.2) is 0 Å². The molecule has 1 heterocycles. The predicted molar refractivity (Wildman–Crippen MR) is 77.4 cm³/mol. The third kappa shape index (κ3) is 4.56. The molecule has 1 aromatic rings. The summed E-state index contributed by atoms with van der Waals surface area (Å²) in [6.45, 7) is 1.58. The number of carbonyl (C=O) groups excluding carboxylic acids is 1. The Morgan fingerprint density at radius 3 is 2.59 bits per heavy atom. The number of hydrogen-bond acceptors (Lipinski definition) is 4. The lowest BCUT2D eigenvalue weighted by Gasteiger charge is -2.17. The number of hydrogen-bond donors (Lipinski definition) is 2. The standard InChI is InChI=1S/C15H20F2N2O3/c1-10(22-12-5-3-11(21-2)4-6-12)8-18-14(20)13-7-15(16,17)9-19-13/h3-6,10,13,19H,7-9H2,1-2H3,(H,18,20). The van der Waals surface area contributed by atoms with Crippen LogP contribution in [0, 0.1) is 0 Å². The van der Waals surface area contributed by atoms with Crippen molar-refractivity contribution < 1.29 is 23.0 Å². The molecule has 7 heteroatoms. The number of ether oxygens (including phenoxy) is 2. The van der Waals surface area contributed by atoms with E-state index in [0.717, 1.165) is 5.75 Å². The maximum Gasteiger partial charge on any atom is 0.262 e. The van der Waals surface area contributed by atoms with Crippen LogP contribution < -0.4 is 20.1 Å². The van der Waals surface area contributed by atoms with Gasteiger partial charge >= 0.3 is 0 Å². The predicted octanol–water partition coefficient (Wildman–Crippen LogP) is 1.58. The summed E-state index contributed by atoms with van der Waals surface area (Å²) in [6, 6.07) is 6.21. The fraction of sp³-hybridized carbons (Fsp3) is 0.533. The molecule has 0 spiro atoms. The maximum atomic E-state index is 13.0. The molecule has 2 atom stereocenters. The van der Waals surface area contributed by atoms with E-state index in [9.17, 15) is 13.6 Å². The molecule has 1 amide bonds. The first-order chi connectivity index (χ1) is 10.4. The van der Waals surface area contributed by atoms with Gasteiger partial charge in [-0.2, -0.15) is 0 Å². The van der Waals surface area contributed by atoms with Gasteiger partial charge in [0.1, 0.15) is 17.6 Å². The molecule has 0 bridgehead atoms. The molecule has 1 aliphatic rings. The fourth-order valence-corrected chi connectivity index (χ4v) is 2.20. The van der Waals surface area contributed by atoms with Gasteiger partial charge in [-0.15, -0.1) is 0 Å². The van der Waals surface area contributed by atoms with E-state index in [1.54, 1.807) is 38.3 Å². The Morgan fingerprint density at radius 2 is 2.05 bits per heavy atom. The minimum atomic E-state index is -2.81. The molecule has 1 aliphatic heterocycles. The van der Waals surface area contributed by atoms with E-state index >= 15 is 0 Å². The molecule has 0 saturated carbocycles. The van der Waals surface area contributed by atoms with Gasteiger partial charge in [-0.1, -0.05) is 0 Å². The Balaban J connectivity index is 1.75. The maximum absolute atomic E-state index is 13.0. The highest BCUT2D eigenvalue weighted by molar-refractivity contribution is 5.82. The largest absolute Gasteiger partial charge is 0.497 e. The molecule has 5 nitrogen and oxygen atoms in total. The normalized spacial score (nSPS) is 21.2. The Hall–Kier alpha value is -1.89. The van der Waals surface area contributed by atoms with Crippen molar-refractivity contribution in [3.63, 3.8) is 0 Å². The third-order valence-electron chi connectivity index (χ3n) is 3.39. The first kappa shape index (κ1) is 16.5. The van der Waals surface area contributed by atoms with Gasteiger partial charge in [0, 0.05) is 6.42 Å². The number of halogens is 2. The first-order valence-electron chi connectivity index (χ1n) is 7.09. The lowest BCUT2D eigenvalue weighted by molar-refractivity contribution is -0.123. The third-order valence-corrected chi connectivity index (χ3v) is 3.39. The van der Waals surface area contributed by atoms with E-state index in [0.29, 0.717) is 5.75 Å². The van der Waals surface area contributed by atoms with Gasteiger partial charge in [0.25, 0.3) is 5.92 Å². The highest BCUT2D eigenvalue weighted by atomic mass is 19.3. The quantitative estimate of drug-likeness (QED) is 0.837. The highest BCUT2D eigenvalue weighted by Crippen LogP contribution is 2.25. The van der Waals surface area contributed by atoms with Crippen LogP contribution in [0.1, 0.15) is 13.3 Å². The van der Waals surface area contributed by atoms with Gasteiger partial charge < -0.3 is 14.8 Å².